The van der Waals surface area contributed by atoms with Crippen molar-refractivity contribution in [3.8, 4) is 5.75 Å². The molecule has 2 rings (SSSR count). The molecular weight excluding hydrogens is 357 g/mol. The van der Waals surface area contributed by atoms with Crippen LogP contribution >= 0.6 is 0 Å². The molecule has 0 aliphatic carbocycles. The number of hydrogen-bond donors (Lipinski definition) is 1. The molecule has 0 unspecified atom stereocenters. The summed E-state index contributed by atoms with van der Waals surface area (Å²) in [5, 5.41) is 3.10. The second-order valence-corrected chi connectivity index (χ2v) is 6.76. The van der Waals surface area contributed by atoms with E-state index in [4.69, 9.17) is 4.74 Å². The summed E-state index contributed by atoms with van der Waals surface area (Å²) in [6, 6.07) is 10.6. The summed E-state index contributed by atoms with van der Waals surface area (Å²) >= 11 is 0. The highest BCUT2D eigenvalue weighted by Crippen LogP contribution is 2.24. The highest BCUT2D eigenvalue weighted by molar-refractivity contribution is 7.89. The van der Waals surface area contributed by atoms with Crippen molar-refractivity contribution in [2.45, 2.75) is 18.0 Å². The van der Waals surface area contributed by atoms with E-state index in [2.05, 4.69) is 5.10 Å². The minimum Gasteiger partial charge on any atom is -0.497 e. The molecule has 1 N–H and O–H groups in total. The number of alkyl halides is 3. The summed E-state index contributed by atoms with van der Waals surface area (Å²) in [5.41, 5.74) is -0.831. The van der Waals surface area contributed by atoms with E-state index in [0.29, 0.717) is 5.75 Å². The van der Waals surface area contributed by atoms with Crippen molar-refractivity contribution in [1.29, 1.82) is 0 Å². The van der Waals surface area contributed by atoms with E-state index in [-0.39, 0.29) is 10.5 Å². The molecule has 0 radical (unpaired) electrons. The Kier molecular flexibility index (Phi) is 5.36. The molecule has 25 heavy (non-hydrogen) atoms. The average molecular weight is 372 g/mol. The first-order valence-electron chi connectivity index (χ1n) is 7.01. The SMILES string of the molecule is COc1ccc(/C(=N/NS(=O)(=O)c2ccc(C)cc2)C(F)(F)F)cc1. The van der Waals surface area contributed by atoms with E-state index < -0.39 is 21.9 Å². The van der Waals surface area contributed by atoms with E-state index in [1.54, 1.807) is 11.8 Å². The molecule has 5 nitrogen and oxygen atoms in total. The summed E-state index contributed by atoms with van der Waals surface area (Å²) < 4.78 is 68.8. The quantitative estimate of drug-likeness (QED) is 0.647. The van der Waals surface area contributed by atoms with Gasteiger partial charge in [0.1, 0.15) is 5.75 Å². The molecule has 0 aliphatic rings. The number of hydrazone groups is 1. The standard InChI is InChI=1S/C16H15F3N2O3S/c1-11-3-9-14(10-4-11)25(22,23)21-20-15(16(17,18)19)12-5-7-13(24-2)8-6-12/h3-10,21H,1-2H3/b20-15-. The van der Waals surface area contributed by atoms with Gasteiger partial charge in [0.25, 0.3) is 10.0 Å². The Morgan fingerprint density at radius 3 is 2.08 bits per heavy atom. The molecule has 0 amide bonds. The van der Waals surface area contributed by atoms with Crippen molar-refractivity contribution in [1.82, 2.24) is 4.83 Å². The van der Waals surface area contributed by atoms with Gasteiger partial charge in [-0.2, -0.15) is 31.5 Å². The molecule has 2 aromatic rings. The molecule has 9 heteroatoms. The Balaban J connectivity index is 2.36. The third-order valence-electron chi connectivity index (χ3n) is 3.24. The monoisotopic (exact) mass is 372 g/mol. The topological polar surface area (TPSA) is 67.8 Å². The van der Waals surface area contributed by atoms with E-state index in [0.717, 1.165) is 17.7 Å². The van der Waals surface area contributed by atoms with Crippen molar-refractivity contribution in [2.24, 2.45) is 5.10 Å². The Bertz CT molecular complexity index is 859. The smallest absolute Gasteiger partial charge is 0.435 e. The van der Waals surface area contributed by atoms with Crippen LogP contribution in [0.25, 0.3) is 0 Å². The molecule has 0 atom stereocenters. The summed E-state index contributed by atoms with van der Waals surface area (Å²) in [7, 11) is -2.84. The molecule has 0 saturated heterocycles. The fourth-order valence-corrected chi connectivity index (χ4v) is 2.73. The van der Waals surface area contributed by atoms with Crippen LogP contribution in [0, 0.1) is 6.92 Å². The number of hydrogen-bond acceptors (Lipinski definition) is 4. The Morgan fingerprint density at radius 1 is 1.04 bits per heavy atom. The fraction of sp³-hybridized carbons (Fsp3) is 0.188. The first-order chi connectivity index (χ1) is 11.6. The van der Waals surface area contributed by atoms with Crippen LogP contribution in [0.5, 0.6) is 5.75 Å². The molecule has 0 bridgehead atoms. The van der Waals surface area contributed by atoms with Gasteiger partial charge in [0, 0.05) is 5.56 Å². The van der Waals surface area contributed by atoms with Crippen molar-refractivity contribution in [3.63, 3.8) is 0 Å². The van der Waals surface area contributed by atoms with Gasteiger partial charge in [0.2, 0.25) is 0 Å². The van der Waals surface area contributed by atoms with Gasteiger partial charge >= 0.3 is 6.18 Å². The number of benzene rings is 2. The minimum absolute atomic E-state index is 0.182. The first-order valence-corrected chi connectivity index (χ1v) is 8.49. The van der Waals surface area contributed by atoms with Crippen LogP contribution in [0.1, 0.15) is 11.1 Å². The molecule has 134 valence electrons. The van der Waals surface area contributed by atoms with Gasteiger partial charge in [-0.3, -0.25) is 0 Å². The molecule has 0 spiro atoms. The van der Waals surface area contributed by atoms with Crippen LogP contribution < -0.4 is 9.57 Å². The lowest BCUT2D eigenvalue weighted by Crippen LogP contribution is -2.29. The van der Waals surface area contributed by atoms with Crippen LogP contribution in [-0.4, -0.2) is 27.4 Å². The number of aryl methyl sites for hydroxylation is 1. The molecule has 0 aliphatic heterocycles. The van der Waals surface area contributed by atoms with Crippen LogP contribution in [0.3, 0.4) is 0 Å². The largest absolute Gasteiger partial charge is 0.497 e. The van der Waals surface area contributed by atoms with Gasteiger partial charge in [-0.1, -0.05) is 17.7 Å². The zero-order valence-corrected chi connectivity index (χ0v) is 14.1. The van der Waals surface area contributed by atoms with Crippen molar-refractivity contribution in [3.05, 3.63) is 59.7 Å². The Hall–Kier alpha value is -2.55. The molecule has 0 saturated carbocycles. The number of methoxy groups -OCH3 is 1. The lowest BCUT2D eigenvalue weighted by atomic mass is 10.1. The van der Waals surface area contributed by atoms with Crippen molar-refractivity contribution >= 4 is 15.7 Å². The molecule has 2 aromatic carbocycles. The van der Waals surface area contributed by atoms with Crippen LogP contribution in [0.2, 0.25) is 0 Å². The second kappa shape index (κ2) is 7.14. The zero-order chi connectivity index (χ0) is 18.7. The normalized spacial score (nSPS) is 12.8. The summed E-state index contributed by atoms with van der Waals surface area (Å²) in [4.78, 5) is 1.46. The maximum Gasteiger partial charge on any atom is 0.435 e. The van der Waals surface area contributed by atoms with E-state index in [9.17, 15) is 21.6 Å². The summed E-state index contributed by atoms with van der Waals surface area (Å²) in [6.07, 6.45) is -4.84. The lowest BCUT2D eigenvalue weighted by molar-refractivity contribution is -0.0583. The number of sulfonamides is 1. The highest BCUT2D eigenvalue weighted by Gasteiger charge is 2.37. The van der Waals surface area contributed by atoms with E-state index in [1.807, 2.05) is 0 Å². The number of nitrogens with one attached hydrogen (secondary N) is 1. The molecule has 0 heterocycles. The van der Waals surface area contributed by atoms with Crippen molar-refractivity contribution < 1.29 is 26.3 Å². The summed E-state index contributed by atoms with van der Waals surface area (Å²) in [6.45, 7) is 1.76. The van der Waals surface area contributed by atoms with Gasteiger partial charge in [0.05, 0.1) is 12.0 Å². The number of ether oxygens (including phenoxy) is 1. The Labute approximate surface area is 143 Å². The predicted octanol–water partition coefficient (Wildman–Crippen LogP) is 3.25. The third-order valence-corrected chi connectivity index (χ3v) is 4.47. The Morgan fingerprint density at radius 2 is 1.60 bits per heavy atom. The zero-order valence-electron chi connectivity index (χ0n) is 13.3. The van der Waals surface area contributed by atoms with Gasteiger partial charge in [-0.15, -0.1) is 0 Å². The number of rotatable bonds is 5. The third kappa shape index (κ3) is 4.72. The average Bonchev–Trinajstić information content (AvgIpc) is 2.54. The molecule has 0 fully saturated rings. The highest BCUT2D eigenvalue weighted by atomic mass is 32.2. The first kappa shape index (κ1) is 18.8. The second-order valence-electron chi connectivity index (χ2n) is 5.09. The van der Waals surface area contributed by atoms with Crippen LogP contribution in [0.4, 0.5) is 13.2 Å². The van der Waals surface area contributed by atoms with Crippen LogP contribution in [0.15, 0.2) is 58.5 Å². The predicted molar refractivity (Wildman–Crippen MR) is 87.1 cm³/mol. The van der Waals surface area contributed by atoms with E-state index >= 15 is 0 Å². The van der Waals surface area contributed by atoms with Gasteiger partial charge < -0.3 is 4.74 Å². The van der Waals surface area contributed by atoms with Crippen molar-refractivity contribution in [2.75, 3.05) is 7.11 Å². The minimum atomic E-state index is -4.84. The maximum absolute atomic E-state index is 13.2. The van der Waals surface area contributed by atoms with Gasteiger partial charge in [-0.05, 0) is 43.3 Å². The number of nitrogens with zero attached hydrogens (tertiary/aromatic N) is 1. The van der Waals surface area contributed by atoms with Crippen LogP contribution in [-0.2, 0) is 10.0 Å². The number of halogens is 3. The molecular formula is C16H15F3N2O3S. The molecule has 0 aromatic heterocycles. The van der Waals surface area contributed by atoms with Gasteiger partial charge in [-0.25, -0.2) is 0 Å². The van der Waals surface area contributed by atoms with E-state index in [1.165, 1.54) is 43.5 Å². The summed E-state index contributed by atoms with van der Waals surface area (Å²) in [5.74, 6) is 0.366. The maximum atomic E-state index is 13.2. The lowest BCUT2D eigenvalue weighted by Gasteiger charge is -2.12. The van der Waals surface area contributed by atoms with Gasteiger partial charge in [0.15, 0.2) is 5.71 Å². The fourth-order valence-electron chi connectivity index (χ4n) is 1.92.